The lowest BCUT2D eigenvalue weighted by atomic mass is 9.98. The number of hydrogen-bond donors (Lipinski definition) is 1. The van der Waals surface area contributed by atoms with Crippen LogP contribution in [0.5, 0.6) is 0 Å². The van der Waals surface area contributed by atoms with Gasteiger partial charge in [-0.1, -0.05) is 36.6 Å². The molecular formula is C16H21ClN2O2. The maximum absolute atomic E-state index is 12.9. The van der Waals surface area contributed by atoms with Crippen LogP contribution in [0.4, 0.5) is 0 Å². The summed E-state index contributed by atoms with van der Waals surface area (Å²) in [4.78, 5) is 14.8. The van der Waals surface area contributed by atoms with Gasteiger partial charge in [0.1, 0.15) is 6.17 Å². The van der Waals surface area contributed by atoms with Gasteiger partial charge in [-0.25, -0.2) is 0 Å². The molecule has 0 bridgehead atoms. The topological polar surface area (TPSA) is 41.6 Å². The Bertz CT molecular complexity index is 512. The van der Waals surface area contributed by atoms with Crippen molar-refractivity contribution in [1.82, 2.24) is 10.2 Å². The van der Waals surface area contributed by atoms with Gasteiger partial charge in [-0.2, -0.15) is 0 Å². The van der Waals surface area contributed by atoms with Crippen molar-refractivity contribution in [3.8, 4) is 0 Å². The Morgan fingerprint density at radius 2 is 2.00 bits per heavy atom. The number of nitrogens with one attached hydrogen (secondary N) is 1. The first-order valence-electron chi connectivity index (χ1n) is 7.49. The molecule has 1 unspecified atom stereocenters. The molecule has 2 aliphatic rings. The number of amides is 1. The number of ether oxygens (including phenoxy) is 1. The molecule has 1 aliphatic carbocycles. The van der Waals surface area contributed by atoms with Gasteiger partial charge in [-0.3, -0.25) is 10.1 Å². The average molecular weight is 309 g/mol. The number of nitrogens with zero attached hydrogens (tertiary/aromatic N) is 1. The summed E-state index contributed by atoms with van der Waals surface area (Å²) in [6.07, 6.45) is 4.01. The molecule has 0 aromatic heterocycles. The highest BCUT2D eigenvalue weighted by Gasteiger charge is 2.52. The molecule has 114 valence electrons. The predicted molar refractivity (Wildman–Crippen MR) is 82.1 cm³/mol. The zero-order chi connectivity index (χ0) is 14.9. The third-order valence-corrected chi connectivity index (χ3v) is 4.83. The zero-order valence-electron chi connectivity index (χ0n) is 12.3. The second kappa shape index (κ2) is 5.95. The predicted octanol–water partition coefficient (Wildman–Crippen LogP) is 2.73. The summed E-state index contributed by atoms with van der Waals surface area (Å²) < 4.78 is 5.16. The number of benzene rings is 1. The van der Waals surface area contributed by atoms with Gasteiger partial charge in [0.2, 0.25) is 5.91 Å². The lowest BCUT2D eigenvalue weighted by Crippen LogP contribution is -2.44. The standard InChI is InChI=1S/C16H21ClN2O2/c1-21-11-10-19-14(12-4-6-13(17)7-5-12)18-16(15(19)20)8-2-3-9-16/h4-7,14,18H,2-3,8-11H2,1H3. The van der Waals surface area contributed by atoms with E-state index in [4.69, 9.17) is 16.3 Å². The summed E-state index contributed by atoms with van der Waals surface area (Å²) in [6.45, 7) is 1.16. The van der Waals surface area contributed by atoms with E-state index in [0.717, 1.165) is 31.2 Å². The summed E-state index contributed by atoms with van der Waals surface area (Å²) in [5, 5.41) is 4.30. The molecule has 5 heteroatoms. The van der Waals surface area contributed by atoms with Crippen molar-refractivity contribution < 1.29 is 9.53 Å². The quantitative estimate of drug-likeness (QED) is 0.930. The summed E-state index contributed by atoms with van der Waals surface area (Å²) in [6, 6.07) is 7.72. The average Bonchev–Trinajstić information content (AvgIpc) is 3.06. The van der Waals surface area contributed by atoms with Crippen LogP contribution >= 0.6 is 11.6 Å². The van der Waals surface area contributed by atoms with Crippen molar-refractivity contribution >= 4 is 17.5 Å². The molecule has 1 aromatic carbocycles. The smallest absolute Gasteiger partial charge is 0.244 e. The van der Waals surface area contributed by atoms with Crippen molar-refractivity contribution in [2.75, 3.05) is 20.3 Å². The molecular weight excluding hydrogens is 288 g/mol. The van der Waals surface area contributed by atoms with Gasteiger partial charge in [0.15, 0.2) is 0 Å². The number of carbonyl (C=O) groups excluding carboxylic acids is 1. The van der Waals surface area contributed by atoms with E-state index in [1.807, 2.05) is 29.2 Å². The van der Waals surface area contributed by atoms with Crippen LogP contribution in [-0.4, -0.2) is 36.6 Å². The molecule has 1 spiro atoms. The Kier molecular flexibility index (Phi) is 4.20. The molecule has 1 N–H and O–H groups in total. The minimum atomic E-state index is -0.363. The van der Waals surface area contributed by atoms with Crippen molar-refractivity contribution in [2.24, 2.45) is 0 Å². The van der Waals surface area contributed by atoms with Gasteiger partial charge in [0.25, 0.3) is 0 Å². The van der Waals surface area contributed by atoms with E-state index in [1.54, 1.807) is 7.11 Å². The van der Waals surface area contributed by atoms with Gasteiger partial charge in [-0.15, -0.1) is 0 Å². The number of hydrogen-bond acceptors (Lipinski definition) is 3. The number of methoxy groups -OCH3 is 1. The fourth-order valence-electron chi connectivity index (χ4n) is 3.46. The van der Waals surface area contributed by atoms with E-state index in [1.165, 1.54) is 0 Å². The molecule has 2 fully saturated rings. The fourth-order valence-corrected chi connectivity index (χ4v) is 3.58. The Hall–Kier alpha value is -1.10. The highest BCUT2D eigenvalue weighted by atomic mass is 35.5. The van der Waals surface area contributed by atoms with Crippen LogP contribution in [0, 0.1) is 0 Å². The van der Waals surface area contributed by atoms with E-state index < -0.39 is 0 Å². The monoisotopic (exact) mass is 308 g/mol. The largest absolute Gasteiger partial charge is 0.383 e. The molecule has 0 radical (unpaired) electrons. The summed E-state index contributed by atoms with van der Waals surface area (Å²) >= 11 is 5.97. The lowest BCUT2D eigenvalue weighted by molar-refractivity contribution is -0.133. The second-order valence-corrected chi connectivity index (χ2v) is 6.32. The lowest BCUT2D eigenvalue weighted by Gasteiger charge is -2.24. The summed E-state index contributed by atoms with van der Waals surface area (Å²) in [5.41, 5.74) is 0.713. The van der Waals surface area contributed by atoms with Crippen molar-refractivity contribution in [3.63, 3.8) is 0 Å². The number of rotatable bonds is 4. The molecule has 1 saturated heterocycles. The van der Waals surface area contributed by atoms with E-state index in [-0.39, 0.29) is 17.6 Å². The molecule has 1 atom stereocenters. The van der Waals surface area contributed by atoms with E-state index in [2.05, 4.69) is 5.32 Å². The fraction of sp³-hybridized carbons (Fsp3) is 0.562. The normalized spacial score (nSPS) is 24.2. The third-order valence-electron chi connectivity index (χ3n) is 4.57. The van der Waals surface area contributed by atoms with Crippen LogP contribution in [0.25, 0.3) is 0 Å². The van der Waals surface area contributed by atoms with Gasteiger partial charge >= 0.3 is 0 Å². The Labute approximate surface area is 130 Å². The first-order valence-corrected chi connectivity index (χ1v) is 7.87. The SMILES string of the molecule is COCCN1C(=O)C2(CCCC2)NC1c1ccc(Cl)cc1. The highest BCUT2D eigenvalue weighted by molar-refractivity contribution is 6.30. The van der Waals surface area contributed by atoms with Crippen LogP contribution in [0.2, 0.25) is 5.02 Å². The van der Waals surface area contributed by atoms with Gasteiger partial charge < -0.3 is 9.64 Å². The minimum absolute atomic E-state index is 0.0805. The first kappa shape index (κ1) is 14.8. The van der Waals surface area contributed by atoms with Crippen molar-refractivity contribution in [1.29, 1.82) is 0 Å². The van der Waals surface area contributed by atoms with Crippen LogP contribution in [0.3, 0.4) is 0 Å². The molecule has 4 nitrogen and oxygen atoms in total. The molecule has 1 heterocycles. The van der Waals surface area contributed by atoms with E-state index in [0.29, 0.717) is 18.2 Å². The molecule has 1 aliphatic heterocycles. The number of halogens is 1. The Morgan fingerprint density at radius 3 is 2.62 bits per heavy atom. The highest BCUT2D eigenvalue weighted by Crippen LogP contribution is 2.40. The van der Waals surface area contributed by atoms with Crippen LogP contribution < -0.4 is 5.32 Å². The Morgan fingerprint density at radius 1 is 1.33 bits per heavy atom. The van der Waals surface area contributed by atoms with Gasteiger partial charge in [0, 0.05) is 18.7 Å². The minimum Gasteiger partial charge on any atom is -0.383 e. The maximum atomic E-state index is 12.9. The van der Waals surface area contributed by atoms with Crippen molar-refractivity contribution in [3.05, 3.63) is 34.9 Å². The molecule has 1 saturated carbocycles. The van der Waals surface area contributed by atoms with E-state index >= 15 is 0 Å². The molecule has 21 heavy (non-hydrogen) atoms. The van der Waals surface area contributed by atoms with Crippen molar-refractivity contribution in [2.45, 2.75) is 37.4 Å². The van der Waals surface area contributed by atoms with Gasteiger partial charge in [0.05, 0.1) is 12.1 Å². The summed E-state index contributed by atoms with van der Waals surface area (Å²) in [5.74, 6) is 0.219. The summed E-state index contributed by atoms with van der Waals surface area (Å²) in [7, 11) is 1.66. The zero-order valence-corrected chi connectivity index (χ0v) is 13.0. The molecule has 1 aromatic rings. The maximum Gasteiger partial charge on any atom is 0.244 e. The Balaban J connectivity index is 1.88. The molecule has 1 amide bonds. The van der Waals surface area contributed by atoms with Gasteiger partial charge in [-0.05, 0) is 30.5 Å². The molecule has 3 rings (SSSR count). The third kappa shape index (κ3) is 2.68. The van der Waals surface area contributed by atoms with Crippen LogP contribution in [-0.2, 0) is 9.53 Å². The van der Waals surface area contributed by atoms with E-state index in [9.17, 15) is 4.79 Å². The van der Waals surface area contributed by atoms with Crippen LogP contribution in [0.15, 0.2) is 24.3 Å². The van der Waals surface area contributed by atoms with Crippen LogP contribution in [0.1, 0.15) is 37.4 Å². The number of carbonyl (C=O) groups is 1. The second-order valence-electron chi connectivity index (χ2n) is 5.88. The first-order chi connectivity index (χ1) is 10.2.